The van der Waals surface area contributed by atoms with Crippen LogP contribution in [0.2, 0.25) is 0 Å². The third-order valence-corrected chi connectivity index (χ3v) is 2.78. The molecule has 21 heavy (non-hydrogen) atoms. The number of anilines is 1. The zero-order valence-corrected chi connectivity index (χ0v) is 13.0. The average molecular weight is 329 g/mol. The normalized spacial score (nSPS) is 9.67. The summed E-state index contributed by atoms with van der Waals surface area (Å²) < 4.78 is 5.19. The summed E-state index contributed by atoms with van der Waals surface area (Å²) in [4.78, 5) is 16.0. The molecule has 0 aromatic carbocycles. The molecule has 112 valence electrons. The number of carbonyl (C=O) groups is 1. The summed E-state index contributed by atoms with van der Waals surface area (Å²) in [6.45, 7) is 5.22. The van der Waals surface area contributed by atoms with Crippen molar-refractivity contribution in [1.82, 2.24) is 15.2 Å². The van der Waals surface area contributed by atoms with Gasteiger partial charge in [0.2, 0.25) is 5.88 Å². The van der Waals surface area contributed by atoms with E-state index in [0.717, 1.165) is 5.56 Å². The molecule has 0 aliphatic carbocycles. The number of carbonyl (C=O) groups excluding carboxylic acids is 1. The van der Waals surface area contributed by atoms with Crippen LogP contribution in [0.3, 0.4) is 0 Å². The molecule has 0 radical (unpaired) electrons. The number of H-pyrrole nitrogens is 1. The van der Waals surface area contributed by atoms with Gasteiger partial charge in [-0.2, -0.15) is 5.10 Å². The second-order valence-electron chi connectivity index (χ2n) is 4.04. The Balaban J connectivity index is 0.00000220. The quantitative estimate of drug-likeness (QED) is 0.845. The van der Waals surface area contributed by atoms with Crippen molar-refractivity contribution >= 4 is 35.6 Å². The van der Waals surface area contributed by atoms with Gasteiger partial charge in [-0.25, -0.2) is 4.98 Å². The minimum Gasteiger partial charge on any atom is -0.481 e. The molecule has 8 heteroatoms. The third-order valence-electron chi connectivity index (χ3n) is 2.61. The molecule has 0 aliphatic rings. The highest BCUT2D eigenvalue weighted by molar-refractivity contribution is 6.43. The van der Waals surface area contributed by atoms with Gasteiger partial charge in [-0.05, 0) is 19.1 Å². The van der Waals surface area contributed by atoms with E-state index in [0.29, 0.717) is 23.0 Å². The third kappa shape index (κ3) is 3.74. The molecule has 0 spiro atoms. The van der Waals surface area contributed by atoms with Gasteiger partial charge in [0, 0.05) is 11.8 Å². The first-order chi connectivity index (χ1) is 9.52. The Morgan fingerprint density at radius 2 is 2.24 bits per heavy atom. The summed E-state index contributed by atoms with van der Waals surface area (Å²) in [6.07, 6.45) is 1.59. The van der Waals surface area contributed by atoms with E-state index < -0.39 is 5.91 Å². The molecule has 0 unspecified atom stereocenters. The van der Waals surface area contributed by atoms with Crippen LogP contribution in [0, 0.1) is 6.92 Å². The Bertz CT molecular complexity index is 656. The number of hydrogen-bond donors (Lipinski definition) is 2. The first kappa shape index (κ1) is 17.0. The number of pyridine rings is 1. The molecule has 0 atom stereocenters. The lowest BCUT2D eigenvalue weighted by Crippen LogP contribution is -2.13. The Kier molecular flexibility index (Phi) is 5.75. The number of rotatable bonds is 4. The van der Waals surface area contributed by atoms with E-state index in [9.17, 15) is 4.79 Å². The minimum atomic E-state index is -0.487. The van der Waals surface area contributed by atoms with Crippen molar-refractivity contribution in [1.29, 1.82) is 0 Å². The standard InChI is InChI=1S/C13H13ClN4O2.ClH/c1-7-6-10(16-12(19)8(2)14)11(17-13(7)20-3)9-4-5-15-18-9;/h4-6H,2H2,1,3H3,(H,15,18)(H,16,19);1H. The molecule has 2 rings (SSSR count). The van der Waals surface area contributed by atoms with Gasteiger partial charge in [0.1, 0.15) is 5.69 Å². The average Bonchev–Trinajstić information content (AvgIpc) is 2.92. The summed E-state index contributed by atoms with van der Waals surface area (Å²) in [5.74, 6) is -0.0175. The smallest absolute Gasteiger partial charge is 0.266 e. The fourth-order valence-corrected chi connectivity index (χ4v) is 1.73. The molecule has 1 amide bonds. The molecule has 0 fully saturated rings. The largest absolute Gasteiger partial charge is 0.481 e. The van der Waals surface area contributed by atoms with Crippen LogP contribution in [-0.4, -0.2) is 28.2 Å². The fourth-order valence-electron chi connectivity index (χ4n) is 1.68. The molecule has 2 aromatic heterocycles. The molecular formula is C13H14Cl2N4O2. The number of aromatic amines is 1. The molecule has 2 heterocycles. The van der Waals surface area contributed by atoms with Crippen LogP contribution in [0.15, 0.2) is 29.9 Å². The predicted octanol–water partition coefficient (Wildman–Crippen LogP) is 2.90. The van der Waals surface area contributed by atoms with Crippen LogP contribution in [0.25, 0.3) is 11.4 Å². The number of halogens is 2. The lowest BCUT2D eigenvalue weighted by molar-refractivity contribution is -0.112. The maximum absolute atomic E-state index is 11.7. The maximum Gasteiger partial charge on any atom is 0.266 e. The van der Waals surface area contributed by atoms with Crippen LogP contribution in [0.1, 0.15) is 5.56 Å². The maximum atomic E-state index is 11.7. The molecule has 0 saturated carbocycles. The molecular weight excluding hydrogens is 315 g/mol. The van der Waals surface area contributed by atoms with Gasteiger partial charge >= 0.3 is 0 Å². The number of aryl methyl sites for hydroxylation is 1. The second-order valence-corrected chi connectivity index (χ2v) is 4.50. The number of aromatic nitrogens is 3. The van der Waals surface area contributed by atoms with Crippen molar-refractivity contribution in [2.45, 2.75) is 6.92 Å². The van der Waals surface area contributed by atoms with Crippen molar-refractivity contribution in [2.24, 2.45) is 0 Å². The molecule has 0 aliphatic heterocycles. The topological polar surface area (TPSA) is 79.9 Å². The van der Waals surface area contributed by atoms with Crippen molar-refractivity contribution in [3.05, 3.63) is 35.5 Å². The van der Waals surface area contributed by atoms with E-state index >= 15 is 0 Å². The summed E-state index contributed by atoms with van der Waals surface area (Å²) in [6, 6.07) is 3.49. The zero-order valence-electron chi connectivity index (χ0n) is 11.4. The molecule has 6 nitrogen and oxygen atoms in total. The SMILES string of the molecule is C=C(Cl)C(=O)Nc1cc(C)c(OC)nc1-c1ccn[nH]1.Cl. The molecule has 0 bridgehead atoms. The number of hydrogen-bond acceptors (Lipinski definition) is 4. The molecule has 2 N–H and O–H groups in total. The van der Waals surface area contributed by atoms with Crippen molar-refractivity contribution in [3.8, 4) is 17.3 Å². The number of methoxy groups -OCH3 is 1. The first-order valence-electron chi connectivity index (χ1n) is 5.74. The minimum absolute atomic E-state index is 0. The van der Waals surface area contributed by atoms with Gasteiger partial charge in [-0.3, -0.25) is 9.89 Å². The Labute approximate surface area is 133 Å². The Morgan fingerprint density at radius 1 is 1.52 bits per heavy atom. The summed E-state index contributed by atoms with van der Waals surface area (Å²) in [5.41, 5.74) is 2.45. The van der Waals surface area contributed by atoms with Crippen molar-refractivity contribution in [2.75, 3.05) is 12.4 Å². The lowest BCUT2D eigenvalue weighted by atomic mass is 10.2. The van der Waals surface area contributed by atoms with Gasteiger partial charge in [-0.1, -0.05) is 18.2 Å². The zero-order chi connectivity index (χ0) is 14.7. The summed E-state index contributed by atoms with van der Waals surface area (Å²) in [7, 11) is 1.53. The van der Waals surface area contributed by atoms with Crippen LogP contribution >= 0.6 is 24.0 Å². The molecule has 0 saturated heterocycles. The van der Waals surface area contributed by atoms with Gasteiger partial charge in [0.15, 0.2) is 0 Å². The monoisotopic (exact) mass is 328 g/mol. The fraction of sp³-hybridized carbons (Fsp3) is 0.154. The summed E-state index contributed by atoms with van der Waals surface area (Å²) in [5, 5.41) is 9.21. The number of amides is 1. The number of nitrogens with zero attached hydrogens (tertiary/aromatic N) is 2. The van der Waals surface area contributed by atoms with Crippen LogP contribution in [-0.2, 0) is 4.79 Å². The Hall–Kier alpha value is -2.05. The number of ether oxygens (including phenoxy) is 1. The van der Waals surface area contributed by atoms with E-state index in [1.807, 2.05) is 6.92 Å². The lowest BCUT2D eigenvalue weighted by Gasteiger charge is -2.12. The van der Waals surface area contributed by atoms with Crippen LogP contribution in [0.4, 0.5) is 5.69 Å². The van der Waals surface area contributed by atoms with Gasteiger partial charge < -0.3 is 10.1 Å². The highest BCUT2D eigenvalue weighted by atomic mass is 35.5. The van der Waals surface area contributed by atoms with E-state index in [4.69, 9.17) is 16.3 Å². The van der Waals surface area contributed by atoms with E-state index in [1.165, 1.54) is 7.11 Å². The first-order valence-corrected chi connectivity index (χ1v) is 6.12. The highest BCUT2D eigenvalue weighted by Gasteiger charge is 2.15. The van der Waals surface area contributed by atoms with Crippen molar-refractivity contribution in [3.63, 3.8) is 0 Å². The van der Waals surface area contributed by atoms with Gasteiger partial charge in [0.25, 0.3) is 5.91 Å². The van der Waals surface area contributed by atoms with E-state index in [1.54, 1.807) is 18.3 Å². The van der Waals surface area contributed by atoms with E-state index in [-0.39, 0.29) is 17.4 Å². The van der Waals surface area contributed by atoms with Gasteiger partial charge in [-0.15, -0.1) is 12.4 Å². The van der Waals surface area contributed by atoms with Crippen LogP contribution < -0.4 is 10.1 Å². The summed E-state index contributed by atoms with van der Waals surface area (Å²) >= 11 is 5.58. The predicted molar refractivity (Wildman–Crippen MR) is 84.0 cm³/mol. The Morgan fingerprint density at radius 3 is 2.76 bits per heavy atom. The second kappa shape index (κ2) is 7.10. The highest BCUT2D eigenvalue weighted by Crippen LogP contribution is 2.30. The van der Waals surface area contributed by atoms with Crippen molar-refractivity contribution < 1.29 is 9.53 Å². The number of nitrogens with one attached hydrogen (secondary N) is 2. The molecule has 2 aromatic rings. The van der Waals surface area contributed by atoms with Crippen LogP contribution in [0.5, 0.6) is 5.88 Å². The van der Waals surface area contributed by atoms with Gasteiger partial charge in [0.05, 0.1) is 23.5 Å². The van der Waals surface area contributed by atoms with E-state index in [2.05, 4.69) is 27.1 Å².